The van der Waals surface area contributed by atoms with Crippen LogP contribution in [0.15, 0.2) is 47.6 Å². The van der Waals surface area contributed by atoms with E-state index in [1.165, 1.54) is 14.2 Å². The normalized spacial score (nSPS) is 36.7. The van der Waals surface area contributed by atoms with Gasteiger partial charge in [-0.2, -0.15) is 0 Å². The molecule has 0 aromatic heterocycles. The second kappa shape index (κ2) is 28.4. The van der Waals surface area contributed by atoms with Gasteiger partial charge in [-0.15, -0.1) is 0 Å². The molecule has 2 bridgehead atoms. The van der Waals surface area contributed by atoms with E-state index in [2.05, 4.69) is 5.32 Å². The molecule has 4 N–H and O–H groups in total. The van der Waals surface area contributed by atoms with E-state index in [4.69, 9.17) is 28.4 Å². The first kappa shape index (κ1) is 59.5. The van der Waals surface area contributed by atoms with E-state index >= 15 is 0 Å². The van der Waals surface area contributed by atoms with Crippen LogP contribution in [0.3, 0.4) is 0 Å². The molecule has 3 aliphatic heterocycles. The minimum atomic E-state index is -2.52. The smallest absolute Gasteiger partial charge is 0.406 e. The van der Waals surface area contributed by atoms with Gasteiger partial charge in [0.1, 0.15) is 36.7 Å². The number of piperidine rings is 1. The number of carbonyl (C=O) groups excluding carboxylic acids is 6. The SMILES string of the molecule is CNC(=O)OCCOC1C[C@@H]2CC[C@@H](C)[C@@](O)(O2)C(=O)C(=O)N2CCCC[C@H]2C(=O)O[C@H]([C@H](C)C[C@@H]2CC[C@@H](O)[C@H](OC)C2)CC(=O)[C@H](C)/C=C(\C)[C@@H](O)[C@@H](OC)C(=O)[C@H](C)C[C@H](C)/C=C/C=CC=C1C. The molecule has 0 aromatic rings. The van der Waals surface area contributed by atoms with Gasteiger partial charge >= 0.3 is 12.1 Å². The predicted molar refractivity (Wildman–Crippen MR) is 264 cm³/mol. The zero-order chi connectivity index (χ0) is 52.6. The molecule has 2 saturated heterocycles. The second-order valence-electron chi connectivity index (χ2n) is 20.6. The molecule has 3 fully saturated rings. The van der Waals surface area contributed by atoms with Gasteiger partial charge in [-0.25, -0.2) is 9.59 Å². The van der Waals surface area contributed by atoms with Crippen molar-refractivity contribution < 1.29 is 72.5 Å². The molecule has 15 atom stereocenters. The van der Waals surface area contributed by atoms with Crippen LogP contribution in [-0.4, -0.2) is 151 Å². The molecule has 17 heteroatoms. The monoisotopic (exact) mass is 1000 g/mol. The number of hydrogen-bond acceptors (Lipinski definition) is 15. The fraction of sp³-hybridized carbons (Fsp3) is 0.741. The van der Waals surface area contributed by atoms with Crippen LogP contribution in [0.4, 0.5) is 4.79 Å². The number of fused-ring (bicyclic) bond motifs is 3. The van der Waals surface area contributed by atoms with Crippen LogP contribution >= 0.6 is 0 Å². The summed E-state index contributed by atoms with van der Waals surface area (Å²) in [6.45, 7) is 12.5. The average molecular weight is 1000 g/mol. The Morgan fingerprint density at radius 1 is 0.901 bits per heavy atom. The molecule has 0 radical (unpaired) electrons. The molecular weight excluding hydrogens is 917 g/mol. The van der Waals surface area contributed by atoms with Crippen molar-refractivity contribution in [2.24, 2.45) is 35.5 Å². The van der Waals surface area contributed by atoms with E-state index in [1.54, 1.807) is 40.9 Å². The summed E-state index contributed by atoms with van der Waals surface area (Å²) in [5, 5.41) is 36.5. The summed E-state index contributed by atoms with van der Waals surface area (Å²) >= 11 is 0. The zero-order valence-corrected chi connectivity index (χ0v) is 43.8. The number of hydrogen-bond donors (Lipinski definition) is 4. The van der Waals surface area contributed by atoms with E-state index in [-0.39, 0.29) is 74.4 Å². The number of ether oxygens (including phenoxy) is 6. The van der Waals surface area contributed by atoms with E-state index in [9.17, 15) is 44.1 Å². The van der Waals surface area contributed by atoms with Gasteiger partial charge in [-0.1, -0.05) is 71.1 Å². The van der Waals surface area contributed by atoms with E-state index < -0.39 is 90.0 Å². The quantitative estimate of drug-likeness (QED) is 0.0911. The first-order valence-corrected chi connectivity index (χ1v) is 25.8. The lowest BCUT2D eigenvalue weighted by molar-refractivity contribution is -0.266. The number of nitrogens with one attached hydrogen (secondary N) is 1. The lowest BCUT2D eigenvalue weighted by Crippen LogP contribution is -2.61. The molecule has 1 unspecified atom stereocenters. The highest BCUT2D eigenvalue weighted by Crippen LogP contribution is 2.38. The van der Waals surface area contributed by atoms with Crippen molar-refractivity contribution in [3.63, 3.8) is 0 Å². The number of carbonyl (C=O) groups is 6. The van der Waals surface area contributed by atoms with Crippen molar-refractivity contribution in [2.45, 2.75) is 180 Å². The third-order valence-corrected chi connectivity index (χ3v) is 15.0. The average Bonchev–Trinajstić information content (AvgIpc) is 3.35. The fourth-order valence-corrected chi connectivity index (χ4v) is 10.4. The lowest BCUT2D eigenvalue weighted by atomic mass is 9.78. The Hall–Kier alpha value is -4.10. The predicted octanol–water partition coefficient (Wildman–Crippen LogP) is 5.91. The molecule has 1 aliphatic carbocycles. The summed E-state index contributed by atoms with van der Waals surface area (Å²) in [6, 6.07) is -1.18. The van der Waals surface area contributed by atoms with Crippen LogP contribution < -0.4 is 5.32 Å². The second-order valence-corrected chi connectivity index (χ2v) is 20.6. The summed E-state index contributed by atoms with van der Waals surface area (Å²) in [4.78, 5) is 84.1. The van der Waals surface area contributed by atoms with Gasteiger partial charge in [-0.05, 0) is 107 Å². The van der Waals surface area contributed by atoms with Crippen molar-refractivity contribution in [3.8, 4) is 0 Å². The molecule has 3 heterocycles. The molecule has 0 aromatic carbocycles. The number of nitrogens with zero attached hydrogens (tertiary/aromatic N) is 1. The van der Waals surface area contributed by atoms with Crippen molar-refractivity contribution >= 4 is 35.3 Å². The summed E-state index contributed by atoms with van der Waals surface area (Å²) in [5.41, 5.74) is 1.13. The van der Waals surface area contributed by atoms with Gasteiger partial charge in [-0.3, -0.25) is 19.2 Å². The van der Waals surface area contributed by atoms with Crippen LogP contribution in [0.5, 0.6) is 0 Å². The number of aliphatic hydroxyl groups excluding tert-OH is 2. The first-order chi connectivity index (χ1) is 33.6. The maximum atomic E-state index is 14.5. The highest BCUT2D eigenvalue weighted by Gasteiger charge is 2.53. The number of amides is 2. The molecule has 17 nitrogen and oxygen atoms in total. The van der Waals surface area contributed by atoms with Crippen LogP contribution in [0.2, 0.25) is 0 Å². The maximum absolute atomic E-state index is 14.5. The topological polar surface area (TPSA) is 234 Å². The van der Waals surface area contributed by atoms with Gasteiger partial charge in [0.25, 0.3) is 11.7 Å². The minimum Gasteiger partial charge on any atom is -0.460 e. The molecule has 2 amide bonds. The third-order valence-electron chi connectivity index (χ3n) is 15.0. The highest BCUT2D eigenvalue weighted by molar-refractivity contribution is 6.39. The van der Waals surface area contributed by atoms with Crippen LogP contribution in [0.25, 0.3) is 0 Å². The fourth-order valence-electron chi connectivity index (χ4n) is 10.4. The van der Waals surface area contributed by atoms with Gasteiger partial charge in [0.15, 0.2) is 5.78 Å². The Morgan fingerprint density at radius 2 is 1.63 bits per heavy atom. The first-order valence-electron chi connectivity index (χ1n) is 25.8. The molecule has 400 valence electrons. The summed E-state index contributed by atoms with van der Waals surface area (Å²) < 4.78 is 35.0. The molecule has 1 saturated carbocycles. The standard InChI is InChI=1S/C54H84N2O15/c1-32-16-12-11-13-17-33(2)44(68-24-25-69-53(64)55-8)30-40-21-19-38(7)54(65,71-40)50(61)51(62)56-23-15-14-18-41(56)52(63)70-45(35(4)28-39-20-22-42(57)46(29-39)66-9)31-43(58)34(3)27-37(6)48(60)49(67-10)47(59)36(5)26-32/h11-13,16-17,27,32,34-36,38-42,44-46,48-49,57,60,65H,14-15,18-26,28-31H2,1-10H3,(H,55,64)/b13-11?,16-12+,33-17?,37-27+/t32-,34-,35-,36-,38-,39+,40+,41+,42-,44?,45+,46-,48-,49+,54-/m1/s1. The van der Waals surface area contributed by atoms with Crippen LogP contribution in [-0.2, 0) is 52.4 Å². The van der Waals surface area contributed by atoms with Crippen molar-refractivity contribution in [1.29, 1.82) is 0 Å². The van der Waals surface area contributed by atoms with E-state index in [0.29, 0.717) is 63.4 Å². The molecular formula is C54H84N2O15. The van der Waals surface area contributed by atoms with Gasteiger partial charge in [0.05, 0.1) is 31.0 Å². The highest BCUT2D eigenvalue weighted by atomic mass is 16.6. The summed E-state index contributed by atoms with van der Waals surface area (Å²) in [5.74, 6) is -8.46. The van der Waals surface area contributed by atoms with Crippen LogP contribution in [0.1, 0.15) is 126 Å². The number of Topliss-reactive ketones (excluding diaryl/α,β-unsaturated/α-hetero) is 3. The number of methoxy groups -OCH3 is 2. The third kappa shape index (κ3) is 16.7. The largest absolute Gasteiger partial charge is 0.460 e. The Balaban J connectivity index is 1.72. The number of esters is 1. The van der Waals surface area contributed by atoms with Crippen molar-refractivity contribution in [3.05, 3.63) is 47.6 Å². The van der Waals surface area contributed by atoms with Crippen LogP contribution in [0, 0.1) is 35.5 Å². The molecule has 4 aliphatic rings. The number of ketones is 3. The summed E-state index contributed by atoms with van der Waals surface area (Å²) in [7, 11) is 4.37. The minimum absolute atomic E-state index is 0.0290. The number of aliphatic hydroxyl groups is 3. The maximum Gasteiger partial charge on any atom is 0.406 e. The lowest BCUT2D eigenvalue weighted by Gasteiger charge is -2.43. The Labute approximate surface area is 421 Å². The molecule has 71 heavy (non-hydrogen) atoms. The van der Waals surface area contributed by atoms with Gasteiger partial charge in [0.2, 0.25) is 5.79 Å². The van der Waals surface area contributed by atoms with Gasteiger partial charge in [0, 0.05) is 58.4 Å². The summed E-state index contributed by atoms with van der Waals surface area (Å²) in [6.07, 6.45) is 9.35. The number of allylic oxidation sites excluding steroid dienone is 6. The Kier molecular flexibility index (Phi) is 23.8. The molecule has 0 spiro atoms. The Bertz CT molecular complexity index is 1930. The zero-order valence-electron chi connectivity index (χ0n) is 43.8. The van der Waals surface area contributed by atoms with Crippen molar-refractivity contribution in [1.82, 2.24) is 10.2 Å². The van der Waals surface area contributed by atoms with E-state index in [0.717, 1.165) is 10.5 Å². The number of alkyl carbamates (subject to hydrolysis) is 1. The Morgan fingerprint density at radius 3 is 2.32 bits per heavy atom. The number of cyclic esters (lactones) is 1. The van der Waals surface area contributed by atoms with Crippen molar-refractivity contribution in [2.75, 3.05) is 41.0 Å². The van der Waals surface area contributed by atoms with Gasteiger partial charge < -0.3 is 54.0 Å². The number of rotatable bonds is 9. The molecule has 4 rings (SSSR count). The van der Waals surface area contributed by atoms with E-state index in [1.807, 2.05) is 51.2 Å².